The molecule has 2 unspecified atom stereocenters. The molecule has 0 fully saturated rings. The molecule has 0 aromatic carbocycles. The van der Waals surface area contributed by atoms with E-state index in [1.165, 1.54) is 12.8 Å². The maximum absolute atomic E-state index is 6.85. The molecule has 4 N–H and O–H groups in total. The van der Waals surface area contributed by atoms with Crippen LogP contribution < -0.4 is 11.5 Å². The summed E-state index contributed by atoms with van der Waals surface area (Å²) in [5, 5.41) is 0. The number of rotatable bonds is 15. The van der Waals surface area contributed by atoms with E-state index in [0.717, 1.165) is 58.4 Å². The van der Waals surface area contributed by atoms with Crippen LogP contribution in [0.1, 0.15) is 80.1 Å². The average molecular weight is 343 g/mol. The van der Waals surface area contributed by atoms with Crippen molar-refractivity contribution < 1.29 is 0 Å². The fourth-order valence-electron chi connectivity index (χ4n) is 3.88. The van der Waals surface area contributed by atoms with Crippen molar-refractivity contribution in [3.8, 4) is 0 Å². The molecule has 0 spiro atoms. The van der Waals surface area contributed by atoms with Gasteiger partial charge in [0.2, 0.25) is 0 Å². The standard InChI is InChI=1S/C20H46N4/c1-7-23(8-2)18(5)12-15-20(22,14-11-17-21)16-13-19(6)24(9-3)10-4/h18-19H,7-17,21-22H2,1-6H3. The lowest BCUT2D eigenvalue weighted by atomic mass is 9.82. The lowest BCUT2D eigenvalue weighted by Gasteiger charge is -2.35. The van der Waals surface area contributed by atoms with Crippen LogP contribution in [-0.4, -0.2) is 60.1 Å². The van der Waals surface area contributed by atoms with Crippen molar-refractivity contribution in [2.45, 2.75) is 97.7 Å². The second-order valence-electron chi connectivity index (χ2n) is 7.47. The van der Waals surface area contributed by atoms with E-state index < -0.39 is 0 Å². The molecule has 0 radical (unpaired) electrons. The van der Waals surface area contributed by atoms with Crippen LogP contribution in [0.5, 0.6) is 0 Å². The lowest BCUT2D eigenvalue weighted by molar-refractivity contribution is 0.179. The van der Waals surface area contributed by atoms with Crippen LogP contribution in [0.2, 0.25) is 0 Å². The van der Waals surface area contributed by atoms with E-state index in [0.29, 0.717) is 12.1 Å². The van der Waals surface area contributed by atoms with Crippen molar-refractivity contribution in [1.29, 1.82) is 0 Å². The molecular formula is C20H46N4. The minimum atomic E-state index is -0.0534. The van der Waals surface area contributed by atoms with Crippen molar-refractivity contribution >= 4 is 0 Å². The summed E-state index contributed by atoms with van der Waals surface area (Å²) in [6, 6.07) is 1.22. The molecule has 0 amide bonds. The Morgan fingerprint density at radius 1 is 0.750 bits per heavy atom. The van der Waals surface area contributed by atoms with Gasteiger partial charge in [-0.25, -0.2) is 0 Å². The van der Waals surface area contributed by atoms with Gasteiger partial charge in [0.1, 0.15) is 0 Å². The summed E-state index contributed by atoms with van der Waals surface area (Å²) in [5.74, 6) is 0. The minimum absolute atomic E-state index is 0.0534. The van der Waals surface area contributed by atoms with Crippen LogP contribution in [0.3, 0.4) is 0 Å². The van der Waals surface area contributed by atoms with Gasteiger partial charge in [-0.2, -0.15) is 0 Å². The average Bonchev–Trinajstić information content (AvgIpc) is 2.59. The van der Waals surface area contributed by atoms with Crippen molar-refractivity contribution in [3.05, 3.63) is 0 Å². The lowest BCUT2D eigenvalue weighted by Crippen LogP contribution is -2.44. The van der Waals surface area contributed by atoms with E-state index in [-0.39, 0.29) is 5.54 Å². The van der Waals surface area contributed by atoms with Gasteiger partial charge in [0.15, 0.2) is 0 Å². The Balaban J connectivity index is 4.64. The number of nitrogens with zero attached hydrogens (tertiary/aromatic N) is 2. The quantitative estimate of drug-likeness (QED) is 0.478. The Hall–Kier alpha value is -0.160. The summed E-state index contributed by atoms with van der Waals surface area (Å²) < 4.78 is 0. The van der Waals surface area contributed by atoms with Crippen LogP contribution in [0.4, 0.5) is 0 Å². The summed E-state index contributed by atoms with van der Waals surface area (Å²) in [4.78, 5) is 5.06. The van der Waals surface area contributed by atoms with Crippen molar-refractivity contribution in [2.24, 2.45) is 11.5 Å². The third kappa shape index (κ3) is 8.80. The Labute approximate surface area is 152 Å². The molecule has 0 aromatic rings. The van der Waals surface area contributed by atoms with Gasteiger partial charge in [0, 0.05) is 17.6 Å². The highest BCUT2D eigenvalue weighted by atomic mass is 15.1. The van der Waals surface area contributed by atoms with Crippen LogP contribution >= 0.6 is 0 Å². The molecule has 0 aromatic heterocycles. The first-order valence-electron chi connectivity index (χ1n) is 10.3. The van der Waals surface area contributed by atoms with Crippen LogP contribution in [0, 0.1) is 0 Å². The number of hydrogen-bond donors (Lipinski definition) is 2. The van der Waals surface area contributed by atoms with E-state index in [2.05, 4.69) is 51.3 Å². The minimum Gasteiger partial charge on any atom is -0.330 e. The highest BCUT2D eigenvalue weighted by Crippen LogP contribution is 2.26. The van der Waals surface area contributed by atoms with Gasteiger partial charge in [0.05, 0.1) is 0 Å². The Kier molecular flexibility index (Phi) is 13.0. The largest absolute Gasteiger partial charge is 0.330 e. The van der Waals surface area contributed by atoms with E-state index in [4.69, 9.17) is 11.5 Å². The third-order valence-corrected chi connectivity index (χ3v) is 5.87. The zero-order valence-corrected chi connectivity index (χ0v) is 17.5. The zero-order valence-electron chi connectivity index (χ0n) is 17.5. The molecule has 0 aliphatic carbocycles. The second kappa shape index (κ2) is 13.1. The van der Waals surface area contributed by atoms with Gasteiger partial charge in [0.25, 0.3) is 0 Å². The third-order valence-electron chi connectivity index (χ3n) is 5.87. The molecule has 24 heavy (non-hydrogen) atoms. The van der Waals surface area contributed by atoms with E-state index >= 15 is 0 Å². The van der Waals surface area contributed by atoms with Gasteiger partial charge < -0.3 is 21.3 Å². The predicted molar refractivity (Wildman–Crippen MR) is 108 cm³/mol. The summed E-state index contributed by atoms with van der Waals surface area (Å²) >= 11 is 0. The Morgan fingerprint density at radius 3 is 1.42 bits per heavy atom. The Bertz CT molecular complexity index is 265. The molecule has 0 rings (SSSR count). The normalized spacial score (nSPS) is 17.2. The molecular weight excluding hydrogens is 296 g/mol. The predicted octanol–water partition coefficient (Wildman–Crippen LogP) is 3.44. The highest BCUT2D eigenvalue weighted by molar-refractivity contribution is 4.87. The Morgan fingerprint density at radius 2 is 1.12 bits per heavy atom. The van der Waals surface area contributed by atoms with Gasteiger partial charge in [-0.15, -0.1) is 0 Å². The maximum atomic E-state index is 6.85. The van der Waals surface area contributed by atoms with Crippen molar-refractivity contribution in [3.63, 3.8) is 0 Å². The first-order chi connectivity index (χ1) is 11.4. The summed E-state index contributed by atoms with van der Waals surface area (Å²) in [5.41, 5.74) is 12.6. The second-order valence-corrected chi connectivity index (χ2v) is 7.47. The molecule has 4 heteroatoms. The molecule has 0 bridgehead atoms. The first-order valence-corrected chi connectivity index (χ1v) is 10.3. The van der Waals surface area contributed by atoms with Gasteiger partial charge in [-0.1, -0.05) is 27.7 Å². The molecule has 0 aliphatic heterocycles. The number of nitrogens with two attached hydrogens (primary N) is 2. The summed E-state index contributed by atoms with van der Waals surface area (Å²) in [7, 11) is 0. The van der Waals surface area contributed by atoms with Crippen LogP contribution in [0.25, 0.3) is 0 Å². The van der Waals surface area contributed by atoms with Crippen LogP contribution in [-0.2, 0) is 0 Å². The van der Waals surface area contributed by atoms with Gasteiger partial charge in [-0.3, -0.25) is 0 Å². The SMILES string of the molecule is CCN(CC)C(C)CCC(N)(CCCN)CCC(C)N(CC)CC. The molecule has 0 saturated heterocycles. The van der Waals surface area contributed by atoms with Gasteiger partial charge in [-0.05, 0) is 85.1 Å². The summed E-state index contributed by atoms with van der Waals surface area (Å²) in [6.45, 7) is 18.9. The molecule has 0 heterocycles. The highest BCUT2D eigenvalue weighted by Gasteiger charge is 2.27. The van der Waals surface area contributed by atoms with Gasteiger partial charge >= 0.3 is 0 Å². The van der Waals surface area contributed by atoms with Crippen molar-refractivity contribution in [2.75, 3.05) is 32.7 Å². The fraction of sp³-hybridized carbons (Fsp3) is 1.00. The molecule has 4 nitrogen and oxygen atoms in total. The number of hydrogen-bond acceptors (Lipinski definition) is 4. The summed E-state index contributed by atoms with van der Waals surface area (Å²) in [6.07, 6.45) is 6.67. The molecule has 146 valence electrons. The van der Waals surface area contributed by atoms with Crippen LogP contribution in [0.15, 0.2) is 0 Å². The fourth-order valence-corrected chi connectivity index (χ4v) is 3.88. The van der Waals surface area contributed by atoms with E-state index in [1.54, 1.807) is 0 Å². The molecule has 0 aliphatic rings. The molecule has 2 atom stereocenters. The van der Waals surface area contributed by atoms with E-state index in [9.17, 15) is 0 Å². The monoisotopic (exact) mass is 342 g/mol. The topological polar surface area (TPSA) is 58.5 Å². The maximum Gasteiger partial charge on any atom is 0.0156 e. The smallest absolute Gasteiger partial charge is 0.0156 e. The van der Waals surface area contributed by atoms with E-state index in [1.807, 2.05) is 0 Å². The zero-order chi connectivity index (χ0) is 18.6. The molecule has 0 saturated carbocycles. The van der Waals surface area contributed by atoms with Crippen molar-refractivity contribution in [1.82, 2.24) is 9.80 Å². The first kappa shape index (κ1) is 23.8.